The monoisotopic (exact) mass is 492 g/mol. The molecule has 192 valence electrons. The van der Waals surface area contributed by atoms with Crippen molar-refractivity contribution in [2.75, 3.05) is 18.4 Å². The number of carbonyl (C=O) groups excluding carboxylic acids is 2. The van der Waals surface area contributed by atoms with Gasteiger partial charge in [-0.2, -0.15) is 5.10 Å². The van der Waals surface area contributed by atoms with Crippen molar-refractivity contribution in [2.45, 2.75) is 59.3 Å². The van der Waals surface area contributed by atoms with E-state index in [1.807, 2.05) is 37.3 Å². The van der Waals surface area contributed by atoms with Crippen molar-refractivity contribution in [3.05, 3.63) is 66.5 Å². The molecule has 1 N–H and O–H groups in total. The van der Waals surface area contributed by atoms with Gasteiger partial charge < -0.3 is 10.2 Å². The quantitative estimate of drug-likeness (QED) is 0.298. The van der Waals surface area contributed by atoms with Gasteiger partial charge in [-0.1, -0.05) is 70.4 Å². The second-order valence-electron chi connectivity index (χ2n) is 9.08. The van der Waals surface area contributed by atoms with Gasteiger partial charge in [0, 0.05) is 24.1 Å². The lowest BCUT2D eigenvalue weighted by atomic mass is 9.97. The van der Waals surface area contributed by atoms with Gasteiger partial charge in [0.1, 0.15) is 11.6 Å². The third-order valence-electron chi connectivity index (χ3n) is 6.29. The fourth-order valence-electron chi connectivity index (χ4n) is 4.18. The van der Waals surface area contributed by atoms with E-state index in [9.17, 15) is 14.0 Å². The number of hydrogen-bond donors (Lipinski definition) is 1. The van der Waals surface area contributed by atoms with Crippen LogP contribution >= 0.6 is 0 Å². The molecule has 0 aliphatic rings. The molecule has 0 saturated heterocycles. The molecule has 3 rings (SSSR count). The number of benzene rings is 2. The van der Waals surface area contributed by atoms with E-state index in [0.717, 1.165) is 44.1 Å². The molecule has 0 aliphatic heterocycles. The Hall–Kier alpha value is -3.48. The topological polar surface area (TPSA) is 67.2 Å². The van der Waals surface area contributed by atoms with Crippen molar-refractivity contribution < 1.29 is 14.0 Å². The van der Waals surface area contributed by atoms with E-state index in [1.54, 1.807) is 27.8 Å². The number of nitrogens with zero attached hydrogens (tertiary/aromatic N) is 3. The van der Waals surface area contributed by atoms with E-state index in [0.29, 0.717) is 23.7 Å². The minimum absolute atomic E-state index is 0.0171. The van der Waals surface area contributed by atoms with Gasteiger partial charge in [0.25, 0.3) is 0 Å². The molecular formula is C29H37FN4O2. The van der Waals surface area contributed by atoms with Crippen LogP contribution in [0.4, 0.5) is 10.2 Å². The number of anilines is 1. The third-order valence-corrected chi connectivity index (χ3v) is 6.29. The molecule has 3 aromatic rings. The van der Waals surface area contributed by atoms with Crippen LogP contribution in [0.1, 0.15) is 59.3 Å². The highest BCUT2D eigenvalue weighted by atomic mass is 19.1. The molecule has 1 unspecified atom stereocenters. The number of halogens is 1. The number of amides is 2. The molecule has 2 aromatic carbocycles. The normalized spacial score (nSPS) is 11.8. The summed E-state index contributed by atoms with van der Waals surface area (Å²) in [6.07, 6.45) is 5.42. The maximum atomic E-state index is 13.5. The first-order chi connectivity index (χ1) is 17.5. The molecule has 1 atom stereocenters. The SMILES string of the molecule is CCCCC(CC)C(=O)N(CCCC)CC(=O)Nc1cc(-c2ccccc2)nn1-c1ccc(F)cc1. The minimum atomic E-state index is -0.349. The number of hydrogen-bond acceptors (Lipinski definition) is 3. The Morgan fingerprint density at radius 2 is 1.69 bits per heavy atom. The van der Waals surface area contributed by atoms with Crippen LogP contribution in [-0.4, -0.2) is 39.6 Å². The summed E-state index contributed by atoms with van der Waals surface area (Å²) in [5.74, 6) is -0.187. The van der Waals surface area contributed by atoms with E-state index in [2.05, 4.69) is 24.3 Å². The molecule has 0 radical (unpaired) electrons. The lowest BCUT2D eigenvalue weighted by Gasteiger charge is -2.26. The molecular weight excluding hydrogens is 455 g/mol. The highest BCUT2D eigenvalue weighted by Gasteiger charge is 2.25. The van der Waals surface area contributed by atoms with E-state index in [4.69, 9.17) is 0 Å². The average molecular weight is 493 g/mol. The largest absolute Gasteiger partial charge is 0.333 e. The van der Waals surface area contributed by atoms with Gasteiger partial charge in [-0.3, -0.25) is 9.59 Å². The lowest BCUT2D eigenvalue weighted by molar-refractivity contribution is -0.138. The summed E-state index contributed by atoms with van der Waals surface area (Å²) < 4.78 is 15.1. The average Bonchev–Trinajstić information content (AvgIpc) is 3.31. The molecule has 36 heavy (non-hydrogen) atoms. The first-order valence-electron chi connectivity index (χ1n) is 13.0. The van der Waals surface area contributed by atoms with Crippen LogP contribution in [0.5, 0.6) is 0 Å². The molecule has 0 fully saturated rings. The van der Waals surface area contributed by atoms with E-state index in [1.165, 1.54) is 12.1 Å². The highest BCUT2D eigenvalue weighted by molar-refractivity contribution is 5.95. The van der Waals surface area contributed by atoms with E-state index >= 15 is 0 Å². The molecule has 6 nitrogen and oxygen atoms in total. The summed E-state index contributed by atoms with van der Waals surface area (Å²) in [7, 11) is 0. The third kappa shape index (κ3) is 7.26. The standard InChI is InChI=1S/C29H37FN4O2/c1-4-7-12-22(6-3)29(36)33(19-8-5-2)21-28(35)31-27-20-26(23-13-10-9-11-14-23)32-34(27)25-17-15-24(30)16-18-25/h9-11,13-18,20,22H,4-8,12,19,21H2,1-3H3,(H,31,35). The second-order valence-corrected chi connectivity index (χ2v) is 9.08. The van der Waals surface area contributed by atoms with E-state index < -0.39 is 0 Å². The van der Waals surface area contributed by atoms with Crippen molar-refractivity contribution in [1.82, 2.24) is 14.7 Å². The Labute approximate surface area is 213 Å². The lowest BCUT2D eigenvalue weighted by Crippen LogP contribution is -2.42. The van der Waals surface area contributed by atoms with Gasteiger partial charge in [-0.25, -0.2) is 9.07 Å². The van der Waals surface area contributed by atoms with Gasteiger partial charge in [-0.15, -0.1) is 0 Å². The number of carbonyl (C=O) groups is 2. The summed E-state index contributed by atoms with van der Waals surface area (Å²) in [4.78, 5) is 28.2. The van der Waals surface area contributed by atoms with Crippen LogP contribution < -0.4 is 5.32 Å². The summed E-state index contributed by atoms with van der Waals surface area (Å²) in [5, 5.41) is 7.62. The Bertz CT molecular complexity index is 1110. The molecule has 0 spiro atoms. The Kier molecular flexibility index (Phi) is 10.2. The predicted molar refractivity (Wildman–Crippen MR) is 142 cm³/mol. The summed E-state index contributed by atoms with van der Waals surface area (Å²) in [6.45, 7) is 6.76. The van der Waals surface area contributed by atoms with Crippen molar-refractivity contribution in [3.8, 4) is 16.9 Å². The number of aromatic nitrogens is 2. The second kappa shape index (κ2) is 13.6. The zero-order chi connectivity index (χ0) is 25.9. The van der Waals surface area contributed by atoms with Gasteiger partial charge in [0.05, 0.1) is 17.9 Å². The molecule has 1 heterocycles. The smallest absolute Gasteiger partial charge is 0.245 e. The first-order valence-corrected chi connectivity index (χ1v) is 13.0. The fraction of sp³-hybridized carbons (Fsp3) is 0.414. The van der Waals surface area contributed by atoms with Crippen LogP contribution in [0, 0.1) is 11.7 Å². The van der Waals surface area contributed by atoms with Gasteiger partial charge >= 0.3 is 0 Å². The maximum absolute atomic E-state index is 13.5. The van der Waals surface area contributed by atoms with Crippen LogP contribution in [0.25, 0.3) is 16.9 Å². The molecule has 1 aromatic heterocycles. The maximum Gasteiger partial charge on any atom is 0.245 e. The van der Waals surface area contributed by atoms with Crippen molar-refractivity contribution in [1.29, 1.82) is 0 Å². The van der Waals surface area contributed by atoms with Gasteiger partial charge in [0.2, 0.25) is 11.8 Å². The molecule has 2 amide bonds. The molecule has 0 bridgehead atoms. The van der Waals surface area contributed by atoms with E-state index in [-0.39, 0.29) is 30.1 Å². The number of rotatable bonds is 13. The molecule has 0 saturated carbocycles. The van der Waals surface area contributed by atoms with Crippen LogP contribution in [0.2, 0.25) is 0 Å². The fourth-order valence-corrected chi connectivity index (χ4v) is 4.18. The van der Waals surface area contributed by atoms with Gasteiger partial charge in [0.15, 0.2) is 0 Å². The van der Waals surface area contributed by atoms with Crippen molar-refractivity contribution in [3.63, 3.8) is 0 Å². The first kappa shape index (κ1) is 27.1. The summed E-state index contributed by atoms with van der Waals surface area (Å²) in [6, 6.07) is 17.4. The Morgan fingerprint density at radius 3 is 2.33 bits per heavy atom. The minimum Gasteiger partial charge on any atom is -0.333 e. The van der Waals surface area contributed by atoms with Crippen molar-refractivity contribution >= 4 is 17.6 Å². The Balaban J connectivity index is 1.84. The van der Waals surface area contributed by atoms with Crippen LogP contribution in [0.3, 0.4) is 0 Å². The Morgan fingerprint density at radius 1 is 1.00 bits per heavy atom. The number of nitrogens with one attached hydrogen (secondary N) is 1. The zero-order valence-corrected chi connectivity index (χ0v) is 21.5. The summed E-state index contributed by atoms with van der Waals surface area (Å²) in [5.41, 5.74) is 2.20. The van der Waals surface area contributed by atoms with Crippen molar-refractivity contribution in [2.24, 2.45) is 5.92 Å². The molecule has 0 aliphatic carbocycles. The van der Waals surface area contributed by atoms with Crippen LogP contribution in [-0.2, 0) is 9.59 Å². The molecule has 7 heteroatoms. The highest BCUT2D eigenvalue weighted by Crippen LogP contribution is 2.25. The zero-order valence-electron chi connectivity index (χ0n) is 21.5. The predicted octanol–water partition coefficient (Wildman–Crippen LogP) is 6.46. The summed E-state index contributed by atoms with van der Waals surface area (Å²) >= 11 is 0. The number of unbranched alkanes of at least 4 members (excludes halogenated alkanes) is 2. The van der Waals surface area contributed by atoms with Crippen LogP contribution in [0.15, 0.2) is 60.7 Å². The van der Waals surface area contributed by atoms with Gasteiger partial charge in [-0.05, 0) is 43.5 Å².